The summed E-state index contributed by atoms with van der Waals surface area (Å²) in [5.74, 6) is -2.06. The third-order valence-corrected chi connectivity index (χ3v) is 9.48. The summed E-state index contributed by atoms with van der Waals surface area (Å²) in [4.78, 5) is 22.2. The van der Waals surface area contributed by atoms with Crippen LogP contribution in [0.1, 0.15) is 90.9 Å². The Morgan fingerprint density at radius 3 is 1.05 bits per heavy atom. The molecule has 0 fully saturated rings. The zero-order valence-corrected chi connectivity index (χ0v) is 24.8. The Morgan fingerprint density at radius 2 is 0.811 bits per heavy atom. The minimum atomic E-state index is -4.98. The largest absolute Gasteiger partial charge is 2.00 e. The first-order valence-corrected chi connectivity index (χ1v) is 17.4. The quantitative estimate of drug-likeness (QED) is 0.0872. The molecule has 14 nitrogen and oxygen atoms in total. The Morgan fingerprint density at radius 1 is 0.541 bits per heavy atom. The summed E-state index contributed by atoms with van der Waals surface area (Å²) in [6, 6.07) is 0. The maximum Gasteiger partial charge on any atom is 2.00 e. The molecular weight excluding hydrogens is 632 g/mol. The van der Waals surface area contributed by atoms with Gasteiger partial charge in [-0.3, -0.25) is 9.59 Å². The average molecular weight is 666 g/mol. The Kier molecular flexibility index (Phi) is 22.1. The van der Waals surface area contributed by atoms with E-state index in [1.807, 2.05) is 13.8 Å². The van der Waals surface area contributed by atoms with E-state index in [1.165, 1.54) is 0 Å². The van der Waals surface area contributed by atoms with Gasteiger partial charge in [-0.05, 0) is 12.8 Å². The van der Waals surface area contributed by atoms with Gasteiger partial charge in [0.05, 0.1) is 0 Å². The van der Waals surface area contributed by atoms with E-state index in [4.69, 9.17) is 0 Å². The molecule has 0 N–H and O–H groups in total. The molecule has 0 aromatic rings. The first-order chi connectivity index (χ1) is 16.3. The maximum absolute atomic E-state index is 11.1. The molecule has 0 aromatic heterocycles. The van der Waals surface area contributed by atoms with Crippen LogP contribution in [0.5, 0.6) is 0 Å². The van der Waals surface area contributed by atoms with Crippen molar-refractivity contribution in [1.29, 1.82) is 0 Å². The molecule has 0 bridgehead atoms. The van der Waals surface area contributed by atoms with Crippen LogP contribution in [0.15, 0.2) is 0 Å². The van der Waals surface area contributed by atoms with Crippen molar-refractivity contribution in [2.75, 3.05) is 10.2 Å². The number of unbranched alkanes of at least 4 members (excludes halogenated alkanes) is 8. The van der Waals surface area contributed by atoms with E-state index in [0.29, 0.717) is 12.8 Å². The Hall–Kier alpha value is -0.821. The van der Waals surface area contributed by atoms with E-state index in [-0.39, 0.29) is 29.9 Å². The van der Waals surface area contributed by atoms with Gasteiger partial charge in [0.2, 0.25) is 0 Å². The summed E-state index contributed by atoms with van der Waals surface area (Å²) in [7, 11) is -19.2. The number of hydrogen-bond acceptors (Lipinski definition) is 14. The summed E-state index contributed by atoms with van der Waals surface area (Å²) in [6.45, 7) is 4.06. The van der Waals surface area contributed by atoms with Gasteiger partial charge in [0, 0.05) is 12.8 Å². The number of hydrogen-bond donors (Lipinski definition) is 0. The molecule has 0 spiro atoms. The SMILES string of the molecule is CCCCCCCC(=O)OS(=O)(=O)CS(=O)(=O)[O-].CCCCCCCC(=O)OS(=O)(=O)CS(=O)(=O)[O-].[Cu+2]. The minimum Gasteiger partial charge on any atom is -0.747 e. The monoisotopic (exact) mass is 665 g/mol. The van der Waals surface area contributed by atoms with Gasteiger partial charge in [-0.2, -0.15) is 16.8 Å². The van der Waals surface area contributed by atoms with E-state index >= 15 is 0 Å². The van der Waals surface area contributed by atoms with E-state index in [2.05, 4.69) is 8.37 Å². The summed E-state index contributed by atoms with van der Waals surface area (Å²) in [5, 5.41) is -3.44. The fraction of sp³-hybridized carbons (Fsp3) is 0.889. The van der Waals surface area contributed by atoms with E-state index < -0.39 is 62.6 Å². The molecule has 0 aromatic carbocycles. The van der Waals surface area contributed by atoms with Crippen LogP contribution in [-0.4, -0.2) is 64.9 Å². The van der Waals surface area contributed by atoms with Gasteiger partial charge in [0.1, 0.15) is 20.2 Å². The van der Waals surface area contributed by atoms with Crippen LogP contribution < -0.4 is 0 Å². The van der Waals surface area contributed by atoms with Gasteiger partial charge in [-0.15, -0.1) is 0 Å². The molecule has 0 amide bonds. The Labute approximate surface area is 230 Å². The second-order valence-corrected chi connectivity index (χ2v) is 14.4. The van der Waals surface area contributed by atoms with Crippen molar-refractivity contribution in [3.63, 3.8) is 0 Å². The van der Waals surface area contributed by atoms with Crippen molar-refractivity contribution in [2.24, 2.45) is 0 Å². The third kappa shape index (κ3) is 31.3. The first kappa shape index (κ1) is 40.7. The van der Waals surface area contributed by atoms with Crippen molar-refractivity contribution in [3.05, 3.63) is 0 Å². The average Bonchev–Trinajstić information content (AvgIpc) is 2.63. The predicted molar refractivity (Wildman–Crippen MR) is 126 cm³/mol. The Balaban J connectivity index is -0.000000608. The number of rotatable bonds is 18. The van der Waals surface area contributed by atoms with Gasteiger partial charge in [0.15, 0.2) is 10.2 Å². The summed E-state index contributed by atoms with van der Waals surface area (Å²) in [5.41, 5.74) is 0. The van der Waals surface area contributed by atoms with Crippen LogP contribution in [0.25, 0.3) is 0 Å². The van der Waals surface area contributed by atoms with Crippen molar-refractivity contribution < 1.29 is 77.8 Å². The van der Waals surface area contributed by atoms with E-state index in [1.54, 1.807) is 0 Å². The third-order valence-electron chi connectivity index (χ3n) is 3.99. The second-order valence-electron chi connectivity index (χ2n) is 7.71. The Bertz CT molecular complexity index is 993. The zero-order valence-electron chi connectivity index (χ0n) is 20.5. The molecule has 0 aliphatic rings. The van der Waals surface area contributed by atoms with Gasteiger partial charge in [0.25, 0.3) is 0 Å². The van der Waals surface area contributed by atoms with E-state index in [0.717, 1.165) is 51.4 Å². The van der Waals surface area contributed by atoms with Gasteiger partial charge in [-0.1, -0.05) is 65.2 Å². The molecule has 0 atom stereocenters. The molecule has 1 radical (unpaired) electrons. The van der Waals surface area contributed by atoms with Crippen molar-refractivity contribution in [3.8, 4) is 0 Å². The molecule has 37 heavy (non-hydrogen) atoms. The van der Waals surface area contributed by atoms with Gasteiger partial charge in [-0.25, -0.2) is 16.8 Å². The molecule has 0 aliphatic heterocycles. The standard InChI is InChI=1S/2C9H18O7S2.Cu/c2*1-2-3-4-5-6-7-9(10)16-18(14,15)8-17(11,12)13;/h2*2-8H2,1H3,(H,11,12,13);/q;;+2/p-2. The summed E-state index contributed by atoms with van der Waals surface area (Å²) in [6.07, 6.45) is 8.27. The predicted octanol–water partition coefficient (Wildman–Crippen LogP) is 1.44. The van der Waals surface area contributed by atoms with Crippen LogP contribution in [-0.2, 0) is 75.5 Å². The van der Waals surface area contributed by atoms with Crippen LogP contribution in [0, 0.1) is 0 Å². The summed E-state index contributed by atoms with van der Waals surface area (Å²) >= 11 is 0. The molecule has 0 heterocycles. The van der Waals surface area contributed by atoms with Crippen LogP contribution in [0.2, 0.25) is 0 Å². The normalized spacial score (nSPS) is 12.0. The van der Waals surface area contributed by atoms with Crippen molar-refractivity contribution in [1.82, 2.24) is 0 Å². The van der Waals surface area contributed by atoms with Crippen LogP contribution in [0.3, 0.4) is 0 Å². The molecule has 0 saturated heterocycles. The molecule has 0 saturated carbocycles. The molecule has 225 valence electrons. The molecule has 19 heteroatoms. The topological polar surface area (TPSA) is 235 Å². The molecule has 0 unspecified atom stereocenters. The molecule has 0 aliphatic carbocycles. The summed E-state index contributed by atoms with van der Waals surface area (Å²) < 4.78 is 113. The van der Waals surface area contributed by atoms with Crippen LogP contribution in [0.4, 0.5) is 0 Å². The zero-order chi connectivity index (χ0) is 28.5. The van der Waals surface area contributed by atoms with Crippen molar-refractivity contribution in [2.45, 2.75) is 90.9 Å². The maximum atomic E-state index is 11.1. The van der Waals surface area contributed by atoms with Crippen molar-refractivity contribution >= 4 is 52.4 Å². The number of carbonyl (C=O) groups excluding carboxylic acids is 2. The minimum absolute atomic E-state index is 0. The first-order valence-electron chi connectivity index (χ1n) is 11.1. The van der Waals surface area contributed by atoms with Gasteiger partial charge >= 0.3 is 49.2 Å². The van der Waals surface area contributed by atoms with E-state index in [9.17, 15) is 52.4 Å². The van der Waals surface area contributed by atoms with Crippen LogP contribution >= 0.6 is 0 Å². The molecule has 0 rings (SSSR count). The number of carbonyl (C=O) groups is 2. The second kappa shape index (κ2) is 20.1. The molecular formula is C18H34CuO14S4. The smallest absolute Gasteiger partial charge is 0.747 e. The fourth-order valence-electron chi connectivity index (χ4n) is 2.51. The van der Waals surface area contributed by atoms with Gasteiger partial charge < -0.3 is 17.5 Å². The fourth-order valence-corrected chi connectivity index (χ4v) is 6.46.